The molecule has 0 radical (unpaired) electrons. The molecule has 190 valence electrons. The van der Waals surface area contributed by atoms with Crippen LogP contribution < -0.4 is 10.6 Å². The molecule has 4 rings (SSSR count). The van der Waals surface area contributed by atoms with E-state index in [4.69, 9.17) is 5.10 Å². The molecule has 3 aromatic carbocycles. The third-order valence-corrected chi connectivity index (χ3v) is 6.14. The lowest BCUT2D eigenvalue weighted by Crippen LogP contribution is -2.41. The largest absolute Gasteiger partial charge is 0.322 e. The van der Waals surface area contributed by atoms with Gasteiger partial charge in [-0.15, -0.1) is 0 Å². The maximum Gasteiger partial charge on any atom is 0.322 e. The highest BCUT2D eigenvalue weighted by atomic mass is 16.2. The van der Waals surface area contributed by atoms with E-state index < -0.39 is 0 Å². The minimum Gasteiger partial charge on any atom is -0.315 e. The highest BCUT2D eigenvalue weighted by Crippen LogP contribution is 2.34. The third-order valence-electron chi connectivity index (χ3n) is 6.14. The van der Waals surface area contributed by atoms with Gasteiger partial charge >= 0.3 is 6.03 Å². The zero-order valence-electron chi connectivity index (χ0n) is 21.8. The molecule has 0 spiro atoms. The molecule has 0 aliphatic rings. The molecule has 0 fully saturated rings. The van der Waals surface area contributed by atoms with E-state index in [1.165, 1.54) is 4.90 Å². The predicted octanol–water partition coefficient (Wildman–Crippen LogP) is 6.35. The highest BCUT2D eigenvalue weighted by molar-refractivity contribution is 5.99. The maximum atomic E-state index is 13.4. The van der Waals surface area contributed by atoms with E-state index >= 15 is 0 Å². The number of hydrogen-bond acceptors (Lipinski definition) is 3. The minimum atomic E-state index is -0.312. The van der Waals surface area contributed by atoms with Crippen LogP contribution in [0.1, 0.15) is 30.2 Å². The summed E-state index contributed by atoms with van der Waals surface area (Å²) in [6.07, 6.45) is 0.726. The molecular formula is C30H33N5O2. The highest BCUT2D eigenvalue weighted by Gasteiger charge is 2.23. The molecule has 0 bridgehead atoms. The van der Waals surface area contributed by atoms with Crippen LogP contribution in [-0.2, 0) is 4.79 Å². The topological polar surface area (TPSA) is 79.3 Å². The number of carbonyl (C=O) groups is 2. The molecule has 4 aromatic rings. The van der Waals surface area contributed by atoms with Crippen molar-refractivity contribution < 1.29 is 9.59 Å². The van der Waals surface area contributed by atoms with Crippen molar-refractivity contribution in [3.05, 3.63) is 95.7 Å². The van der Waals surface area contributed by atoms with Crippen LogP contribution in [0, 0.1) is 20.8 Å². The average Bonchev–Trinajstić information content (AvgIpc) is 3.21. The summed E-state index contributed by atoms with van der Waals surface area (Å²) in [6, 6.07) is 25.1. The van der Waals surface area contributed by atoms with Crippen LogP contribution in [0.2, 0.25) is 0 Å². The lowest BCUT2D eigenvalue weighted by Gasteiger charge is -2.22. The number of urea groups is 1. The second kappa shape index (κ2) is 11.6. The van der Waals surface area contributed by atoms with Crippen molar-refractivity contribution in [2.24, 2.45) is 0 Å². The number of nitrogens with zero attached hydrogens (tertiary/aromatic N) is 3. The van der Waals surface area contributed by atoms with Crippen LogP contribution in [0.4, 0.5) is 16.3 Å². The van der Waals surface area contributed by atoms with Crippen LogP contribution in [0.15, 0.2) is 78.9 Å². The van der Waals surface area contributed by atoms with Crippen LogP contribution >= 0.6 is 0 Å². The van der Waals surface area contributed by atoms with Crippen molar-refractivity contribution in [1.29, 1.82) is 0 Å². The molecule has 0 unspecified atom stereocenters. The number of rotatable bonds is 8. The Labute approximate surface area is 218 Å². The van der Waals surface area contributed by atoms with Gasteiger partial charge in [-0.3, -0.25) is 4.79 Å². The number of aryl methyl sites for hydroxylation is 3. The van der Waals surface area contributed by atoms with E-state index in [1.807, 2.05) is 107 Å². The lowest BCUT2D eigenvalue weighted by molar-refractivity contribution is -0.116. The van der Waals surface area contributed by atoms with Crippen molar-refractivity contribution in [2.75, 3.05) is 23.7 Å². The predicted molar refractivity (Wildman–Crippen MR) is 149 cm³/mol. The normalized spacial score (nSPS) is 10.7. The lowest BCUT2D eigenvalue weighted by atomic mass is 10.1. The summed E-state index contributed by atoms with van der Waals surface area (Å²) in [7, 11) is 0. The number of anilines is 2. The van der Waals surface area contributed by atoms with Gasteiger partial charge in [-0.25, -0.2) is 9.48 Å². The van der Waals surface area contributed by atoms with Crippen molar-refractivity contribution in [3.8, 4) is 16.8 Å². The standard InChI is InChI=1S/C30H33N5O2/c1-5-19-34(30(37)31-25-17-15-21(2)16-18-25)20-27(36)32-29-28(24-12-7-6-8-13-24)23(4)33-35(29)26-14-10-9-11-22(26)3/h6-18H,5,19-20H2,1-4H3,(H,31,37)(H,32,36). The van der Waals surface area contributed by atoms with Gasteiger partial charge in [-0.1, -0.05) is 73.2 Å². The molecule has 0 aliphatic heterocycles. The second-order valence-corrected chi connectivity index (χ2v) is 9.14. The molecule has 0 aliphatic carbocycles. The molecule has 0 saturated carbocycles. The van der Waals surface area contributed by atoms with Crippen LogP contribution in [0.3, 0.4) is 0 Å². The SMILES string of the molecule is CCCN(CC(=O)Nc1c(-c2ccccc2)c(C)nn1-c1ccccc1C)C(=O)Nc1ccc(C)cc1. The Hall–Kier alpha value is -4.39. The summed E-state index contributed by atoms with van der Waals surface area (Å²) in [5, 5.41) is 10.8. The number of carbonyl (C=O) groups excluding carboxylic acids is 2. The molecular weight excluding hydrogens is 462 g/mol. The first-order valence-corrected chi connectivity index (χ1v) is 12.5. The number of aromatic nitrogens is 2. The Kier molecular flexibility index (Phi) is 8.03. The fourth-order valence-electron chi connectivity index (χ4n) is 4.28. The average molecular weight is 496 g/mol. The fourth-order valence-corrected chi connectivity index (χ4v) is 4.28. The quantitative estimate of drug-likeness (QED) is 0.299. The number of amides is 3. The van der Waals surface area contributed by atoms with Gasteiger partial charge in [0.15, 0.2) is 0 Å². The smallest absolute Gasteiger partial charge is 0.315 e. The van der Waals surface area contributed by atoms with Gasteiger partial charge in [0.25, 0.3) is 0 Å². The molecule has 1 aromatic heterocycles. The Bertz CT molecular complexity index is 1380. The summed E-state index contributed by atoms with van der Waals surface area (Å²) in [5.74, 6) is 0.290. The minimum absolute atomic E-state index is 0.0856. The van der Waals surface area contributed by atoms with Gasteiger partial charge in [0, 0.05) is 17.8 Å². The third kappa shape index (κ3) is 6.06. The first-order valence-electron chi connectivity index (χ1n) is 12.5. The maximum absolute atomic E-state index is 13.4. The first kappa shape index (κ1) is 25.7. The van der Waals surface area contributed by atoms with Gasteiger partial charge in [0.05, 0.1) is 11.4 Å². The number of nitrogens with one attached hydrogen (secondary N) is 2. The Morgan fingerprint density at radius 1 is 0.865 bits per heavy atom. The number of benzene rings is 3. The van der Waals surface area contributed by atoms with Crippen molar-refractivity contribution in [1.82, 2.24) is 14.7 Å². The fraction of sp³-hybridized carbons (Fsp3) is 0.233. The van der Waals surface area contributed by atoms with E-state index in [0.29, 0.717) is 18.1 Å². The second-order valence-electron chi connectivity index (χ2n) is 9.14. The van der Waals surface area contributed by atoms with Gasteiger partial charge < -0.3 is 15.5 Å². The van der Waals surface area contributed by atoms with E-state index in [2.05, 4.69) is 10.6 Å². The molecule has 1 heterocycles. The van der Waals surface area contributed by atoms with E-state index in [0.717, 1.165) is 40.1 Å². The Morgan fingerprint density at radius 2 is 1.54 bits per heavy atom. The van der Waals surface area contributed by atoms with E-state index in [-0.39, 0.29) is 18.5 Å². The summed E-state index contributed by atoms with van der Waals surface area (Å²) < 4.78 is 1.78. The van der Waals surface area contributed by atoms with Crippen molar-refractivity contribution >= 4 is 23.4 Å². The molecule has 37 heavy (non-hydrogen) atoms. The van der Waals surface area contributed by atoms with Gasteiger partial charge in [0.1, 0.15) is 12.4 Å². The van der Waals surface area contributed by atoms with Crippen molar-refractivity contribution in [3.63, 3.8) is 0 Å². The summed E-state index contributed by atoms with van der Waals surface area (Å²) in [5.41, 5.74) is 6.32. The monoisotopic (exact) mass is 495 g/mol. The van der Waals surface area contributed by atoms with E-state index in [1.54, 1.807) is 4.68 Å². The zero-order chi connectivity index (χ0) is 26.4. The van der Waals surface area contributed by atoms with Gasteiger partial charge in [-0.2, -0.15) is 5.10 Å². The number of para-hydroxylation sites is 1. The first-order chi connectivity index (χ1) is 17.9. The summed E-state index contributed by atoms with van der Waals surface area (Å²) in [4.78, 5) is 27.9. The number of hydrogen-bond donors (Lipinski definition) is 2. The summed E-state index contributed by atoms with van der Waals surface area (Å²) in [6.45, 7) is 8.29. The van der Waals surface area contributed by atoms with Gasteiger partial charge in [-0.05, 0) is 56.5 Å². The van der Waals surface area contributed by atoms with Crippen molar-refractivity contribution in [2.45, 2.75) is 34.1 Å². The Morgan fingerprint density at radius 3 is 2.22 bits per heavy atom. The molecule has 2 N–H and O–H groups in total. The zero-order valence-corrected chi connectivity index (χ0v) is 21.8. The van der Waals surface area contributed by atoms with Gasteiger partial charge in [0.2, 0.25) is 5.91 Å². The van der Waals surface area contributed by atoms with Crippen LogP contribution in [-0.4, -0.2) is 39.7 Å². The molecule has 0 saturated heterocycles. The molecule has 7 nitrogen and oxygen atoms in total. The summed E-state index contributed by atoms with van der Waals surface area (Å²) >= 11 is 0. The molecule has 3 amide bonds. The molecule has 7 heteroatoms. The molecule has 0 atom stereocenters. The van der Waals surface area contributed by atoms with Crippen LogP contribution in [0.25, 0.3) is 16.8 Å². The van der Waals surface area contributed by atoms with E-state index in [9.17, 15) is 9.59 Å². The Balaban J connectivity index is 1.63. The van der Waals surface area contributed by atoms with Crippen LogP contribution in [0.5, 0.6) is 0 Å².